The summed E-state index contributed by atoms with van der Waals surface area (Å²) < 4.78 is 5.02. The number of Topliss-reactive ketones (excluding diaryl/α,β-unsaturated/α-hetero) is 1. The van der Waals surface area contributed by atoms with Gasteiger partial charge in [-0.25, -0.2) is 0 Å². The number of ether oxygens (including phenoxy) is 1. The Kier molecular flexibility index (Phi) is 6.76. The van der Waals surface area contributed by atoms with Gasteiger partial charge in [0.2, 0.25) is 0 Å². The molecule has 0 atom stereocenters. The molecule has 0 aliphatic rings. The van der Waals surface area contributed by atoms with Crippen molar-refractivity contribution in [1.29, 1.82) is 0 Å². The lowest BCUT2D eigenvalue weighted by Gasteiger charge is -1.98. The first kappa shape index (κ1) is 10.2. The molecule has 0 N–H and O–H groups in total. The molecule has 2 heteroatoms. The van der Waals surface area contributed by atoms with Gasteiger partial charge in [0.25, 0.3) is 0 Å². The Hall–Kier alpha value is -0.810. The second kappa shape index (κ2) is 7.30. The second-order valence-electron chi connectivity index (χ2n) is 2.30. The van der Waals surface area contributed by atoms with Crippen LogP contribution in [0.1, 0.15) is 26.2 Å². The van der Waals surface area contributed by atoms with Crippen LogP contribution >= 0.6 is 0 Å². The summed E-state index contributed by atoms with van der Waals surface area (Å²) in [4.78, 5) is 10.9. The molecule has 0 aliphatic carbocycles. The molecule has 0 bridgehead atoms. The second-order valence-corrected chi connectivity index (χ2v) is 2.30. The van der Waals surface area contributed by atoms with Crippen LogP contribution in [0.4, 0.5) is 0 Å². The van der Waals surface area contributed by atoms with Crippen molar-refractivity contribution in [3.63, 3.8) is 0 Å². The highest BCUT2D eigenvalue weighted by Crippen LogP contribution is 1.90. The molecule has 0 aromatic rings. The molecule has 11 heavy (non-hydrogen) atoms. The zero-order valence-corrected chi connectivity index (χ0v) is 6.93. The van der Waals surface area contributed by atoms with Crippen molar-refractivity contribution in [3.8, 4) is 12.3 Å². The fourth-order valence-electron chi connectivity index (χ4n) is 0.614. The van der Waals surface area contributed by atoms with Crippen molar-refractivity contribution in [1.82, 2.24) is 0 Å². The molecule has 0 rings (SSSR count). The fourth-order valence-corrected chi connectivity index (χ4v) is 0.614. The largest absolute Gasteiger partial charge is 0.374 e. The minimum absolute atomic E-state index is 0.0939. The number of carbonyl (C=O) groups is 1. The van der Waals surface area contributed by atoms with E-state index in [2.05, 4.69) is 5.92 Å². The summed E-state index contributed by atoms with van der Waals surface area (Å²) in [6, 6.07) is 0. The maximum Gasteiger partial charge on any atom is 0.159 e. The molecule has 0 heterocycles. The van der Waals surface area contributed by atoms with E-state index in [1.165, 1.54) is 0 Å². The van der Waals surface area contributed by atoms with Crippen LogP contribution in [0.5, 0.6) is 0 Å². The van der Waals surface area contributed by atoms with Gasteiger partial charge < -0.3 is 4.74 Å². The molecule has 0 unspecified atom stereocenters. The molecule has 0 aliphatic heterocycles. The highest BCUT2D eigenvalue weighted by atomic mass is 16.5. The van der Waals surface area contributed by atoms with Gasteiger partial charge in [0.15, 0.2) is 5.78 Å². The zero-order chi connectivity index (χ0) is 8.53. The molecule has 62 valence electrons. The third kappa shape index (κ3) is 7.08. The van der Waals surface area contributed by atoms with E-state index in [-0.39, 0.29) is 12.4 Å². The third-order valence-corrected chi connectivity index (χ3v) is 1.16. The Morgan fingerprint density at radius 3 is 2.91 bits per heavy atom. The van der Waals surface area contributed by atoms with Crippen molar-refractivity contribution >= 4 is 5.78 Å². The number of hydrogen-bond acceptors (Lipinski definition) is 2. The molecule has 0 amide bonds. The van der Waals surface area contributed by atoms with Crippen molar-refractivity contribution in [2.24, 2.45) is 0 Å². The van der Waals surface area contributed by atoms with Crippen LogP contribution in [-0.2, 0) is 9.53 Å². The molecule has 0 saturated heterocycles. The summed E-state index contributed by atoms with van der Waals surface area (Å²) in [6.45, 7) is 2.88. The van der Waals surface area contributed by atoms with E-state index in [0.717, 1.165) is 6.42 Å². The van der Waals surface area contributed by atoms with Crippen molar-refractivity contribution < 1.29 is 9.53 Å². The summed E-state index contributed by atoms with van der Waals surface area (Å²) >= 11 is 0. The van der Waals surface area contributed by atoms with E-state index in [4.69, 9.17) is 11.2 Å². The molecule has 0 fully saturated rings. The van der Waals surface area contributed by atoms with Gasteiger partial charge in [0, 0.05) is 19.4 Å². The number of terminal acetylenes is 1. The average Bonchev–Trinajstić information content (AvgIpc) is 2.01. The zero-order valence-electron chi connectivity index (χ0n) is 6.93. The monoisotopic (exact) mass is 154 g/mol. The number of ketones is 1. The minimum Gasteiger partial charge on any atom is -0.374 e. The van der Waals surface area contributed by atoms with Crippen LogP contribution in [-0.4, -0.2) is 19.0 Å². The Morgan fingerprint density at radius 1 is 1.64 bits per heavy atom. The first-order chi connectivity index (χ1) is 5.31. The van der Waals surface area contributed by atoms with Gasteiger partial charge in [-0.05, 0) is 6.42 Å². The van der Waals surface area contributed by atoms with Crippen molar-refractivity contribution in [2.75, 3.05) is 13.2 Å². The van der Waals surface area contributed by atoms with Gasteiger partial charge in [0.05, 0.1) is 0 Å². The Morgan fingerprint density at radius 2 is 2.36 bits per heavy atom. The van der Waals surface area contributed by atoms with E-state index < -0.39 is 0 Å². The predicted octanol–water partition coefficient (Wildman–Crippen LogP) is 1.40. The van der Waals surface area contributed by atoms with Crippen LogP contribution in [0.2, 0.25) is 0 Å². The first-order valence-corrected chi connectivity index (χ1v) is 3.84. The lowest BCUT2D eigenvalue weighted by molar-refractivity contribution is -0.123. The van der Waals surface area contributed by atoms with E-state index in [0.29, 0.717) is 19.4 Å². The number of carbonyl (C=O) groups excluding carboxylic acids is 1. The minimum atomic E-state index is 0.0939. The molecule has 0 aromatic heterocycles. The molecular formula is C9H14O2. The van der Waals surface area contributed by atoms with Gasteiger partial charge in [0.1, 0.15) is 6.61 Å². The van der Waals surface area contributed by atoms with Gasteiger partial charge >= 0.3 is 0 Å². The smallest absolute Gasteiger partial charge is 0.159 e. The summed E-state index contributed by atoms with van der Waals surface area (Å²) in [5.41, 5.74) is 0. The van der Waals surface area contributed by atoms with Crippen LogP contribution in [0, 0.1) is 12.3 Å². The normalized spacial score (nSPS) is 9.09. The summed E-state index contributed by atoms with van der Waals surface area (Å²) in [7, 11) is 0. The number of hydrogen-bond donors (Lipinski definition) is 0. The van der Waals surface area contributed by atoms with Gasteiger partial charge in [-0.1, -0.05) is 6.92 Å². The van der Waals surface area contributed by atoms with Gasteiger partial charge in [-0.3, -0.25) is 4.79 Å². The lowest BCUT2D eigenvalue weighted by Crippen LogP contribution is -2.08. The molecular weight excluding hydrogens is 140 g/mol. The van der Waals surface area contributed by atoms with E-state index in [9.17, 15) is 4.79 Å². The number of rotatable bonds is 6. The topological polar surface area (TPSA) is 26.3 Å². The highest BCUT2D eigenvalue weighted by Gasteiger charge is 1.98. The average molecular weight is 154 g/mol. The molecule has 0 spiro atoms. The molecule has 0 radical (unpaired) electrons. The standard InChI is InChI=1S/C9H14O2/c1-3-5-6-9(10)8-11-7-4-2/h1H,4-8H2,2H3. The van der Waals surface area contributed by atoms with Crippen molar-refractivity contribution in [2.45, 2.75) is 26.2 Å². The van der Waals surface area contributed by atoms with E-state index >= 15 is 0 Å². The Balaban J connectivity index is 3.17. The van der Waals surface area contributed by atoms with Crippen LogP contribution in [0.25, 0.3) is 0 Å². The highest BCUT2D eigenvalue weighted by molar-refractivity contribution is 5.79. The summed E-state index contributed by atoms with van der Waals surface area (Å²) in [5.74, 6) is 2.51. The predicted molar refractivity (Wildman–Crippen MR) is 44.2 cm³/mol. The maximum atomic E-state index is 10.9. The van der Waals surface area contributed by atoms with Crippen LogP contribution < -0.4 is 0 Å². The van der Waals surface area contributed by atoms with E-state index in [1.807, 2.05) is 6.92 Å². The van der Waals surface area contributed by atoms with Gasteiger partial charge in [-0.2, -0.15) is 0 Å². The third-order valence-electron chi connectivity index (χ3n) is 1.16. The van der Waals surface area contributed by atoms with Crippen LogP contribution in [0.15, 0.2) is 0 Å². The van der Waals surface area contributed by atoms with Gasteiger partial charge in [-0.15, -0.1) is 12.3 Å². The SMILES string of the molecule is C#CCCC(=O)COCCC. The van der Waals surface area contributed by atoms with E-state index in [1.54, 1.807) is 0 Å². The van der Waals surface area contributed by atoms with Crippen LogP contribution in [0.3, 0.4) is 0 Å². The summed E-state index contributed by atoms with van der Waals surface area (Å²) in [5, 5.41) is 0. The molecule has 0 aromatic carbocycles. The Labute approximate surface area is 67.9 Å². The Bertz CT molecular complexity index is 144. The molecule has 0 saturated carbocycles. The quantitative estimate of drug-likeness (QED) is 0.427. The fraction of sp³-hybridized carbons (Fsp3) is 0.667. The maximum absolute atomic E-state index is 10.9. The molecule has 2 nitrogen and oxygen atoms in total. The first-order valence-electron chi connectivity index (χ1n) is 3.84. The summed E-state index contributed by atoms with van der Waals surface area (Å²) in [6.07, 6.45) is 6.90. The van der Waals surface area contributed by atoms with Crippen molar-refractivity contribution in [3.05, 3.63) is 0 Å². The lowest BCUT2D eigenvalue weighted by atomic mass is 10.2.